The Hall–Kier alpha value is -3.26. The van der Waals surface area contributed by atoms with Crippen molar-refractivity contribution in [3.63, 3.8) is 0 Å². The van der Waals surface area contributed by atoms with Gasteiger partial charge in [0.2, 0.25) is 11.4 Å². The Balaban J connectivity index is 1.77. The first-order valence-electron chi connectivity index (χ1n) is 10.5. The van der Waals surface area contributed by atoms with E-state index in [1.807, 2.05) is 0 Å². The summed E-state index contributed by atoms with van der Waals surface area (Å²) in [7, 11) is 4.25. The lowest BCUT2D eigenvalue weighted by Gasteiger charge is -2.11. The van der Waals surface area contributed by atoms with Gasteiger partial charge in [0.15, 0.2) is 12.4 Å². The average Bonchev–Trinajstić information content (AvgIpc) is 2.70. The van der Waals surface area contributed by atoms with Gasteiger partial charge in [-0.2, -0.15) is 0 Å². The minimum atomic E-state index is 1.24. The molecule has 0 atom stereocenters. The molecular formula is C28H30N2+2. The number of benzene rings is 2. The van der Waals surface area contributed by atoms with E-state index in [1.165, 1.54) is 55.9 Å². The van der Waals surface area contributed by atoms with Crippen molar-refractivity contribution in [2.24, 2.45) is 14.1 Å². The summed E-state index contributed by atoms with van der Waals surface area (Å²) in [5.74, 6) is 0. The van der Waals surface area contributed by atoms with Gasteiger partial charge in [0.25, 0.3) is 0 Å². The Labute approximate surface area is 180 Å². The summed E-state index contributed by atoms with van der Waals surface area (Å²) in [6.07, 6.45) is 4.44. The molecule has 0 aliphatic heterocycles. The molecule has 2 heteroatoms. The fraction of sp³-hybridized carbons (Fsp3) is 0.214. The van der Waals surface area contributed by atoms with Crippen molar-refractivity contribution in [1.29, 1.82) is 0 Å². The Morgan fingerprint density at radius 3 is 1.90 bits per heavy atom. The summed E-state index contributed by atoms with van der Waals surface area (Å²) in [4.78, 5) is 0. The Kier molecular flexibility index (Phi) is 5.26. The zero-order valence-electron chi connectivity index (χ0n) is 18.8. The lowest BCUT2D eigenvalue weighted by Crippen LogP contribution is -2.31. The number of hydrogen-bond acceptors (Lipinski definition) is 0. The molecule has 30 heavy (non-hydrogen) atoms. The summed E-state index contributed by atoms with van der Waals surface area (Å²) in [6, 6.07) is 22.1. The third kappa shape index (κ3) is 3.66. The van der Waals surface area contributed by atoms with E-state index in [-0.39, 0.29) is 0 Å². The smallest absolute Gasteiger partial charge is 0.201 e. The molecule has 0 radical (unpaired) electrons. The predicted molar refractivity (Wildman–Crippen MR) is 124 cm³/mol. The van der Waals surface area contributed by atoms with E-state index in [9.17, 15) is 0 Å². The van der Waals surface area contributed by atoms with E-state index in [0.29, 0.717) is 0 Å². The van der Waals surface area contributed by atoms with Crippen LogP contribution in [0.15, 0.2) is 73.1 Å². The highest BCUT2D eigenvalue weighted by Gasteiger charge is 2.18. The molecule has 0 spiro atoms. The first-order chi connectivity index (χ1) is 14.3. The van der Waals surface area contributed by atoms with Crippen LogP contribution < -0.4 is 9.13 Å². The van der Waals surface area contributed by atoms with Gasteiger partial charge in [0.05, 0.1) is 0 Å². The maximum atomic E-state index is 2.31. The van der Waals surface area contributed by atoms with Crippen LogP contribution in [0.5, 0.6) is 0 Å². The van der Waals surface area contributed by atoms with Gasteiger partial charge in [0, 0.05) is 34.4 Å². The second-order valence-electron chi connectivity index (χ2n) is 8.41. The third-order valence-corrected chi connectivity index (χ3v) is 6.00. The highest BCUT2D eigenvalue weighted by atomic mass is 14.9. The molecule has 2 heterocycles. The lowest BCUT2D eigenvalue weighted by atomic mass is 9.95. The van der Waals surface area contributed by atoms with Crippen molar-refractivity contribution in [2.75, 3.05) is 0 Å². The van der Waals surface area contributed by atoms with Crippen molar-refractivity contribution >= 4 is 0 Å². The Bertz CT molecular complexity index is 1250. The topological polar surface area (TPSA) is 7.76 Å². The molecule has 0 saturated carbocycles. The van der Waals surface area contributed by atoms with Crippen LogP contribution in [-0.4, -0.2) is 0 Å². The number of pyridine rings is 2. The highest BCUT2D eigenvalue weighted by Crippen LogP contribution is 2.30. The second-order valence-corrected chi connectivity index (χ2v) is 8.41. The molecular weight excluding hydrogens is 364 g/mol. The van der Waals surface area contributed by atoms with Crippen LogP contribution in [-0.2, 0) is 14.1 Å². The average molecular weight is 395 g/mol. The summed E-state index contributed by atoms with van der Waals surface area (Å²) in [5.41, 5.74) is 12.7. The number of nitrogens with zero attached hydrogens (tertiary/aromatic N) is 2. The summed E-state index contributed by atoms with van der Waals surface area (Å²) < 4.78 is 4.45. The molecule has 4 rings (SSSR count). The zero-order chi connectivity index (χ0) is 21.4. The molecule has 0 saturated heterocycles. The minimum absolute atomic E-state index is 1.24. The largest absolute Gasteiger partial charge is 0.212 e. The fourth-order valence-electron chi connectivity index (χ4n) is 4.32. The molecule has 150 valence electrons. The monoisotopic (exact) mass is 394 g/mol. The van der Waals surface area contributed by atoms with Gasteiger partial charge in [-0.3, -0.25) is 0 Å². The number of aryl methyl sites for hydroxylation is 6. The van der Waals surface area contributed by atoms with Crippen molar-refractivity contribution in [1.82, 2.24) is 0 Å². The maximum absolute atomic E-state index is 2.31. The molecule has 0 amide bonds. The number of aromatic nitrogens is 2. The molecule has 0 bridgehead atoms. The van der Waals surface area contributed by atoms with Gasteiger partial charge < -0.3 is 0 Å². The summed E-state index contributed by atoms with van der Waals surface area (Å²) >= 11 is 0. The molecule has 0 fully saturated rings. The molecule has 2 aromatic carbocycles. The summed E-state index contributed by atoms with van der Waals surface area (Å²) in [6.45, 7) is 8.71. The van der Waals surface area contributed by atoms with E-state index in [1.54, 1.807) is 0 Å². The van der Waals surface area contributed by atoms with Gasteiger partial charge in [0.1, 0.15) is 14.1 Å². The second kappa shape index (κ2) is 7.87. The van der Waals surface area contributed by atoms with E-state index in [2.05, 4.69) is 124 Å². The van der Waals surface area contributed by atoms with Crippen LogP contribution >= 0.6 is 0 Å². The van der Waals surface area contributed by atoms with Gasteiger partial charge in [-0.15, -0.1) is 0 Å². The van der Waals surface area contributed by atoms with Gasteiger partial charge >= 0.3 is 0 Å². The van der Waals surface area contributed by atoms with Crippen molar-refractivity contribution in [2.45, 2.75) is 27.7 Å². The van der Waals surface area contributed by atoms with E-state index in [4.69, 9.17) is 0 Å². The van der Waals surface area contributed by atoms with E-state index in [0.717, 1.165) is 0 Å². The molecule has 0 aliphatic carbocycles. The predicted octanol–water partition coefficient (Wildman–Crippen LogP) is 5.57. The van der Waals surface area contributed by atoms with E-state index < -0.39 is 0 Å². The zero-order valence-corrected chi connectivity index (χ0v) is 18.8. The molecule has 4 aromatic rings. The van der Waals surface area contributed by atoms with Crippen molar-refractivity contribution in [3.8, 4) is 33.6 Å². The lowest BCUT2D eigenvalue weighted by molar-refractivity contribution is -0.660. The SMILES string of the molecule is Cc1ccc(-c2ccc(-c3c[n+](C)c(-c4ccccc4C)cc3C)cc2C)[n+](C)c1. The number of hydrogen-bond donors (Lipinski definition) is 0. The molecule has 0 aliphatic rings. The first kappa shape index (κ1) is 20.0. The Morgan fingerprint density at radius 2 is 1.20 bits per heavy atom. The van der Waals surface area contributed by atoms with Crippen LogP contribution in [0.2, 0.25) is 0 Å². The molecule has 2 aromatic heterocycles. The first-order valence-corrected chi connectivity index (χ1v) is 10.5. The molecule has 2 nitrogen and oxygen atoms in total. The Morgan fingerprint density at radius 1 is 0.533 bits per heavy atom. The standard InChI is InChI=1S/C28H30N2/c1-19-11-14-27(29(5)17-19)25-13-12-23(15-21(25)3)26-18-30(6)28(16-22(26)4)24-10-8-7-9-20(24)2/h7-18H,1-6H3/q+2. The quantitative estimate of drug-likeness (QED) is 0.401. The molecule has 0 N–H and O–H groups in total. The minimum Gasteiger partial charge on any atom is -0.201 e. The highest BCUT2D eigenvalue weighted by molar-refractivity contribution is 5.73. The van der Waals surface area contributed by atoms with Crippen LogP contribution in [0.1, 0.15) is 22.3 Å². The fourth-order valence-corrected chi connectivity index (χ4v) is 4.32. The maximum Gasteiger partial charge on any atom is 0.212 e. The van der Waals surface area contributed by atoms with Crippen LogP contribution in [0.3, 0.4) is 0 Å². The third-order valence-electron chi connectivity index (χ3n) is 6.00. The van der Waals surface area contributed by atoms with Gasteiger partial charge in [-0.05, 0) is 68.1 Å². The van der Waals surface area contributed by atoms with Crippen molar-refractivity contribution in [3.05, 3.63) is 95.3 Å². The van der Waals surface area contributed by atoms with Gasteiger partial charge in [-0.25, -0.2) is 9.13 Å². The van der Waals surface area contributed by atoms with E-state index >= 15 is 0 Å². The van der Waals surface area contributed by atoms with Crippen LogP contribution in [0.25, 0.3) is 33.6 Å². The summed E-state index contributed by atoms with van der Waals surface area (Å²) in [5, 5.41) is 0. The molecule has 0 unspecified atom stereocenters. The van der Waals surface area contributed by atoms with Gasteiger partial charge in [-0.1, -0.05) is 30.3 Å². The van der Waals surface area contributed by atoms with Crippen LogP contribution in [0, 0.1) is 27.7 Å². The number of rotatable bonds is 3. The van der Waals surface area contributed by atoms with Crippen molar-refractivity contribution < 1.29 is 9.13 Å². The van der Waals surface area contributed by atoms with Crippen LogP contribution in [0.4, 0.5) is 0 Å². The normalized spacial score (nSPS) is 11.0.